The number of nitrogens with one attached hydrogen (secondary N) is 1. The van der Waals surface area contributed by atoms with Gasteiger partial charge in [0, 0.05) is 17.6 Å². The Morgan fingerprint density at radius 1 is 1.50 bits per heavy atom. The lowest BCUT2D eigenvalue weighted by atomic mass is 10.1. The highest BCUT2D eigenvalue weighted by Crippen LogP contribution is 2.21. The van der Waals surface area contributed by atoms with Gasteiger partial charge in [-0.25, -0.2) is 13.1 Å². The fourth-order valence-electron chi connectivity index (χ4n) is 1.80. The van der Waals surface area contributed by atoms with Crippen LogP contribution in [-0.4, -0.2) is 28.2 Å². The Kier molecular flexibility index (Phi) is 4.42. The number of aryl methyl sites for hydroxylation is 1. The average Bonchev–Trinajstić information content (AvgIpc) is 2.83. The van der Waals surface area contributed by atoms with Crippen molar-refractivity contribution >= 4 is 26.0 Å². The predicted molar refractivity (Wildman–Crippen MR) is 73.0 cm³/mol. The fourth-order valence-corrected chi connectivity index (χ4v) is 3.47. The molecule has 1 atom stereocenters. The zero-order valence-corrected chi connectivity index (χ0v) is 12.6. The Morgan fingerprint density at radius 3 is 2.89 bits per heavy atom. The van der Waals surface area contributed by atoms with E-state index in [1.165, 1.54) is 0 Å². The second-order valence-corrected chi connectivity index (χ2v) is 7.11. The number of ether oxygens (including phenoxy) is 1. The first-order valence-electron chi connectivity index (χ1n) is 5.82. The van der Waals surface area contributed by atoms with Gasteiger partial charge in [-0.3, -0.25) is 0 Å². The van der Waals surface area contributed by atoms with Crippen LogP contribution in [0, 0.1) is 12.8 Å². The third-order valence-electron chi connectivity index (χ3n) is 3.04. The Labute approximate surface area is 116 Å². The Bertz CT molecular complexity index is 524. The number of hydrogen-bond donors (Lipinski definition) is 1. The Hall–Kier alpha value is -0.430. The molecule has 1 unspecified atom stereocenters. The molecule has 1 N–H and O–H groups in total. The van der Waals surface area contributed by atoms with E-state index in [-0.39, 0.29) is 5.92 Å². The van der Waals surface area contributed by atoms with Crippen molar-refractivity contribution in [2.45, 2.75) is 18.2 Å². The molecule has 1 aromatic carbocycles. The standard InChI is InChI=1S/C12H16BrNO3S/c1-9-2-3-11(6-12(9)13)18(15,16)14-7-10-4-5-17-8-10/h2-3,6,10,14H,4-5,7-8H2,1H3. The fraction of sp³-hybridized carbons (Fsp3) is 0.500. The van der Waals surface area contributed by atoms with Crippen LogP contribution in [0.3, 0.4) is 0 Å². The van der Waals surface area contributed by atoms with Crippen molar-refractivity contribution in [1.82, 2.24) is 4.72 Å². The Balaban J connectivity index is 2.07. The normalized spacial score (nSPS) is 20.2. The Morgan fingerprint density at radius 2 is 2.28 bits per heavy atom. The summed E-state index contributed by atoms with van der Waals surface area (Å²) in [5, 5.41) is 0. The molecule has 18 heavy (non-hydrogen) atoms. The molecule has 0 radical (unpaired) electrons. The highest BCUT2D eigenvalue weighted by molar-refractivity contribution is 9.10. The lowest BCUT2D eigenvalue weighted by molar-refractivity contribution is 0.186. The molecule has 1 aromatic rings. The molecule has 0 saturated carbocycles. The van der Waals surface area contributed by atoms with Gasteiger partial charge in [-0.15, -0.1) is 0 Å². The largest absolute Gasteiger partial charge is 0.381 e. The molecule has 1 fully saturated rings. The van der Waals surface area contributed by atoms with Gasteiger partial charge in [-0.1, -0.05) is 22.0 Å². The summed E-state index contributed by atoms with van der Waals surface area (Å²) in [7, 11) is -3.42. The second-order valence-electron chi connectivity index (χ2n) is 4.49. The molecule has 0 bridgehead atoms. The molecule has 0 amide bonds. The maximum absolute atomic E-state index is 12.1. The molecule has 6 heteroatoms. The average molecular weight is 334 g/mol. The first-order chi connectivity index (χ1) is 8.49. The van der Waals surface area contributed by atoms with E-state index in [0.29, 0.717) is 18.0 Å². The zero-order chi connectivity index (χ0) is 13.2. The SMILES string of the molecule is Cc1ccc(S(=O)(=O)NCC2CCOC2)cc1Br. The molecule has 1 aliphatic heterocycles. The summed E-state index contributed by atoms with van der Waals surface area (Å²) in [6, 6.07) is 5.04. The van der Waals surface area contributed by atoms with Crippen molar-refractivity contribution in [3.63, 3.8) is 0 Å². The maximum atomic E-state index is 12.1. The number of sulfonamides is 1. The third kappa shape index (κ3) is 3.32. The smallest absolute Gasteiger partial charge is 0.240 e. The van der Waals surface area contributed by atoms with Crippen molar-refractivity contribution in [2.75, 3.05) is 19.8 Å². The van der Waals surface area contributed by atoms with E-state index in [1.807, 2.05) is 6.92 Å². The first-order valence-corrected chi connectivity index (χ1v) is 8.10. The monoisotopic (exact) mass is 333 g/mol. The molecule has 0 aliphatic carbocycles. The van der Waals surface area contributed by atoms with Gasteiger partial charge in [0.25, 0.3) is 0 Å². The van der Waals surface area contributed by atoms with Crippen LogP contribution >= 0.6 is 15.9 Å². The van der Waals surface area contributed by atoms with Crippen LogP contribution in [-0.2, 0) is 14.8 Å². The highest BCUT2D eigenvalue weighted by Gasteiger charge is 2.20. The zero-order valence-electron chi connectivity index (χ0n) is 10.1. The summed E-state index contributed by atoms with van der Waals surface area (Å²) in [4.78, 5) is 0.291. The molecular weight excluding hydrogens is 318 g/mol. The van der Waals surface area contributed by atoms with Crippen molar-refractivity contribution in [2.24, 2.45) is 5.92 Å². The van der Waals surface area contributed by atoms with E-state index in [9.17, 15) is 8.42 Å². The number of hydrogen-bond acceptors (Lipinski definition) is 3. The van der Waals surface area contributed by atoms with Crippen molar-refractivity contribution in [3.8, 4) is 0 Å². The lowest BCUT2D eigenvalue weighted by Crippen LogP contribution is -2.29. The van der Waals surface area contributed by atoms with Gasteiger partial charge in [-0.2, -0.15) is 0 Å². The maximum Gasteiger partial charge on any atom is 0.240 e. The number of halogens is 1. The molecule has 0 aromatic heterocycles. The number of rotatable bonds is 4. The van der Waals surface area contributed by atoms with Gasteiger partial charge in [0.05, 0.1) is 11.5 Å². The molecule has 1 saturated heterocycles. The molecule has 1 aliphatic rings. The minimum Gasteiger partial charge on any atom is -0.381 e. The van der Waals surface area contributed by atoms with E-state index in [4.69, 9.17) is 4.74 Å². The van der Waals surface area contributed by atoms with E-state index in [0.717, 1.165) is 23.1 Å². The van der Waals surface area contributed by atoms with Crippen molar-refractivity contribution < 1.29 is 13.2 Å². The quantitative estimate of drug-likeness (QED) is 0.917. The van der Waals surface area contributed by atoms with Crippen LogP contribution in [0.2, 0.25) is 0 Å². The van der Waals surface area contributed by atoms with Gasteiger partial charge in [0.1, 0.15) is 0 Å². The summed E-state index contributed by atoms with van der Waals surface area (Å²) in [5.41, 5.74) is 1.01. The van der Waals surface area contributed by atoms with Gasteiger partial charge in [0.2, 0.25) is 10.0 Å². The van der Waals surface area contributed by atoms with Crippen LogP contribution in [0.5, 0.6) is 0 Å². The van der Waals surface area contributed by atoms with Crippen LogP contribution in [0.4, 0.5) is 0 Å². The van der Waals surface area contributed by atoms with Gasteiger partial charge < -0.3 is 4.74 Å². The minimum atomic E-state index is -3.42. The minimum absolute atomic E-state index is 0.286. The van der Waals surface area contributed by atoms with Gasteiger partial charge in [-0.05, 0) is 37.0 Å². The van der Waals surface area contributed by atoms with E-state index < -0.39 is 10.0 Å². The third-order valence-corrected chi connectivity index (χ3v) is 5.32. The van der Waals surface area contributed by atoms with E-state index in [1.54, 1.807) is 18.2 Å². The first kappa shape index (κ1) is 14.0. The predicted octanol–water partition coefficient (Wildman–Crippen LogP) is 2.07. The molecule has 100 valence electrons. The van der Waals surface area contributed by atoms with Crippen LogP contribution in [0.15, 0.2) is 27.6 Å². The summed E-state index contributed by atoms with van der Waals surface area (Å²) in [6.07, 6.45) is 0.917. The molecular formula is C12H16BrNO3S. The molecule has 2 rings (SSSR count). The van der Waals surface area contributed by atoms with Crippen molar-refractivity contribution in [1.29, 1.82) is 0 Å². The molecule has 0 spiro atoms. The second kappa shape index (κ2) is 5.69. The summed E-state index contributed by atoms with van der Waals surface area (Å²) in [6.45, 7) is 3.72. The highest BCUT2D eigenvalue weighted by atomic mass is 79.9. The number of benzene rings is 1. The van der Waals surface area contributed by atoms with Gasteiger partial charge in [0.15, 0.2) is 0 Å². The van der Waals surface area contributed by atoms with Gasteiger partial charge >= 0.3 is 0 Å². The summed E-state index contributed by atoms with van der Waals surface area (Å²) in [5.74, 6) is 0.286. The van der Waals surface area contributed by atoms with E-state index >= 15 is 0 Å². The summed E-state index contributed by atoms with van der Waals surface area (Å²) >= 11 is 3.34. The lowest BCUT2D eigenvalue weighted by Gasteiger charge is -2.11. The topological polar surface area (TPSA) is 55.4 Å². The molecule has 4 nitrogen and oxygen atoms in total. The van der Waals surface area contributed by atoms with Crippen LogP contribution in [0.1, 0.15) is 12.0 Å². The summed E-state index contributed by atoms with van der Waals surface area (Å²) < 4.78 is 32.8. The molecule has 1 heterocycles. The van der Waals surface area contributed by atoms with Crippen LogP contribution in [0.25, 0.3) is 0 Å². The van der Waals surface area contributed by atoms with Crippen molar-refractivity contribution in [3.05, 3.63) is 28.2 Å². The van der Waals surface area contributed by atoms with E-state index in [2.05, 4.69) is 20.7 Å². The van der Waals surface area contributed by atoms with Crippen LogP contribution < -0.4 is 4.72 Å².